The van der Waals surface area contributed by atoms with E-state index in [2.05, 4.69) is 0 Å². The van der Waals surface area contributed by atoms with Gasteiger partial charge in [-0.3, -0.25) is 0 Å². The van der Waals surface area contributed by atoms with E-state index in [1.807, 2.05) is 60.7 Å². The smallest absolute Gasteiger partial charge is 0.164 e. The molecule has 0 fully saturated rings. The summed E-state index contributed by atoms with van der Waals surface area (Å²) in [4.78, 5) is 14.3. The Kier molecular flexibility index (Phi) is 3.27. The van der Waals surface area contributed by atoms with E-state index in [-0.39, 0.29) is 33.3 Å². The summed E-state index contributed by atoms with van der Waals surface area (Å²) in [6.45, 7) is -7.22. The van der Waals surface area contributed by atoms with E-state index in [1.165, 1.54) is 4.57 Å². The van der Waals surface area contributed by atoms with Crippen molar-refractivity contribution in [1.82, 2.24) is 19.5 Å². The first-order valence-electron chi connectivity index (χ1n) is 22.4. The summed E-state index contributed by atoms with van der Waals surface area (Å²) in [5.41, 5.74) is -4.67. The Bertz CT molecular complexity index is 3140. The molecule has 0 atom stereocenters. The van der Waals surface area contributed by atoms with Gasteiger partial charge in [0.1, 0.15) is 0 Å². The molecule has 0 unspecified atom stereocenters. The number of nitrogens with zero attached hydrogens (tertiary/aromatic N) is 4. The summed E-state index contributed by atoms with van der Waals surface area (Å²) in [5, 5.41) is -0.539. The average Bonchev–Trinajstić information content (AvgIpc) is 3.80. The van der Waals surface area contributed by atoms with Crippen molar-refractivity contribution in [3.05, 3.63) is 156 Å². The molecule has 0 radical (unpaired) electrons. The lowest BCUT2D eigenvalue weighted by molar-refractivity contribution is 0.661. The fourth-order valence-electron chi connectivity index (χ4n) is 5.96. The van der Waals surface area contributed by atoms with Crippen molar-refractivity contribution in [2.45, 2.75) is 19.1 Å². The summed E-state index contributed by atoms with van der Waals surface area (Å²) in [5.74, 6) is 0.874. The number of hydrogen-bond acceptors (Lipinski definition) is 3. The van der Waals surface area contributed by atoms with E-state index in [0.29, 0.717) is 28.3 Å². The van der Waals surface area contributed by atoms with Crippen molar-refractivity contribution in [3.63, 3.8) is 0 Å². The molecule has 8 aromatic rings. The van der Waals surface area contributed by atoms with Gasteiger partial charge in [-0.25, -0.2) is 15.0 Å². The van der Waals surface area contributed by atoms with Crippen LogP contribution in [-0.4, -0.2) is 19.5 Å². The molecule has 1 aliphatic rings. The molecular formula is C42H30N4. The van der Waals surface area contributed by atoms with Gasteiger partial charge in [0.15, 0.2) is 17.5 Å². The van der Waals surface area contributed by atoms with E-state index < -0.39 is 102 Å². The van der Waals surface area contributed by atoms with Crippen molar-refractivity contribution in [3.8, 4) is 51.0 Å². The second-order valence-electron chi connectivity index (χ2n) is 10.9. The first-order valence-corrected chi connectivity index (χ1v) is 14.4. The maximum atomic E-state index is 9.92. The Morgan fingerprint density at radius 2 is 1.20 bits per heavy atom. The fraction of sp³-hybridized carbons (Fsp3) is 0.0714. The molecule has 46 heavy (non-hydrogen) atoms. The monoisotopic (exact) mass is 606 g/mol. The van der Waals surface area contributed by atoms with Gasteiger partial charge >= 0.3 is 0 Å². The van der Waals surface area contributed by atoms with Crippen LogP contribution in [0.15, 0.2) is 145 Å². The maximum absolute atomic E-state index is 9.92. The number of para-hydroxylation sites is 1. The van der Waals surface area contributed by atoms with Crippen LogP contribution in [0.5, 0.6) is 0 Å². The molecule has 0 saturated carbocycles. The zero-order valence-electron chi connectivity index (χ0n) is 39.9. The van der Waals surface area contributed by atoms with Gasteiger partial charge in [0.25, 0.3) is 0 Å². The predicted octanol–water partition coefficient (Wildman–Crippen LogP) is 10.3. The lowest BCUT2D eigenvalue weighted by Crippen LogP contribution is -2.14. The maximum Gasteiger partial charge on any atom is 0.164 e. The normalized spacial score (nSPS) is 18.7. The highest BCUT2D eigenvalue weighted by Gasteiger charge is 2.36. The summed E-state index contributed by atoms with van der Waals surface area (Å²) < 4.78 is 144. The van der Waals surface area contributed by atoms with E-state index >= 15 is 0 Å². The third-order valence-electron chi connectivity index (χ3n) is 8.09. The number of hydrogen-bond donors (Lipinski definition) is 0. The molecule has 1 aliphatic carbocycles. The molecule has 0 spiro atoms. The van der Waals surface area contributed by atoms with Gasteiger partial charge in [0.2, 0.25) is 0 Å². The van der Waals surface area contributed by atoms with Crippen molar-refractivity contribution in [2.24, 2.45) is 0 Å². The standard InChI is InChI=1S/C42H30N4/c1-42(2)35-22-11-9-20-31(35)33-25-34-32-21-10-12-23-37(32)46(38(34)26-36(33)42)30-19-13-18-29(24-30)41-44-39(27-14-5-3-6-15-27)43-40(45-41)28-16-7-4-8-17-28/h3-26H,1-2H3/i1D3,2D3,9D,10D,11D,12D,20D,21D,22D,23D,25D,26D. The van der Waals surface area contributed by atoms with Gasteiger partial charge < -0.3 is 4.57 Å². The topological polar surface area (TPSA) is 43.6 Å². The van der Waals surface area contributed by atoms with Gasteiger partial charge in [0.05, 0.1) is 24.7 Å². The number of rotatable bonds is 4. The number of benzene rings is 6. The van der Waals surface area contributed by atoms with Crippen LogP contribution in [0.25, 0.3) is 72.8 Å². The minimum Gasteiger partial charge on any atom is -0.309 e. The zero-order chi connectivity index (χ0) is 44.5. The van der Waals surface area contributed by atoms with E-state index in [0.717, 1.165) is 0 Å². The molecule has 9 rings (SSSR count). The SMILES string of the molecule is [2H]c1c([2H])c([2H])c2c(c1[2H])-c1c(c([2H])c3c(c1[2H])c1c([2H])c([2H])c([2H])c([2H])c1n3-c1cccc(-c3nc(-c4ccccc4)nc(-c4ccccc4)n3)c1)C2(C([2H])([2H])[2H])C([2H])([2H])[2H]. The summed E-state index contributed by atoms with van der Waals surface area (Å²) >= 11 is 0. The van der Waals surface area contributed by atoms with Crippen LogP contribution in [0.1, 0.15) is 46.8 Å². The molecule has 0 N–H and O–H groups in total. The lowest BCUT2D eigenvalue weighted by Gasteiger charge is -2.21. The molecule has 2 aromatic heterocycles. The first-order chi connectivity index (χ1) is 29.2. The van der Waals surface area contributed by atoms with Gasteiger partial charge in [-0.05, 0) is 52.5 Å². The third kappa shape index (κ3) is 4.04. The summed E-state index contributed by atoms with van der Waals surface area (Å²) in [7, 11) is 0. The van der Waals surface area contributed by atoms with Crippen LogP contribution >= 0.6 is 0 Å². The molecule has 0 bridgehead atoms. The van der Waals surface area contributed by atoms with Crippen LogP contribution in [0, 0.1) is 0 Å². The molecule has 218 valence electrons. The molecule has 0 aliphatic heterocycles. The highest BCUT2D eigenvalue weighted by Crippen LogP contribution is 2.51. The molecule has 6 aromatic carbocycles. The number of fused-ring (bicyclic) bond motifs is 6. The molecule has 2 heterocycles. The van der Waals surface area contributed by atoms with Gasteiger partial charge in [-0.1, -0.05) is 129 Å². The Morgan fingerprint density at radius 3 is 1.91 bits per heavy atom. The third-order valence-corrected chi connectivity index (χ3v) is 8.09. The minimum absolute atomic E-state index is 0.136. The van der Waals surface area contributed by atoms with Crippen LogP contribution in [0.2, 0.25) is 0 Å². The summed E-state index contributed by atoms with van der Waals surface area (Å²) in [6.07, 6.45) is 0. The van der Waals surface area contributed by atoms with E-state index in [1.54, 1.807) is 24.3 Å². The minimum atomic E-state index is -3.61. The van der Waals surface area contributed by atoms with Crippen molar-refractivity contribution in [1.29, 1.82) is 0 Å². The van der Waals surface area contributed by atoms with Crippen molar-refractivity contribution >= 4 is 21.8 Å². The summed E-state index contributed by atoms with van der Waals surface area (Å²) in [6, 6.07) is 17.2. The largest absolute Gasteiger partial charge is 0.309 e. The second kappa shape index (κ2) is 10.1. The van der Waals surface area contributed by atoms with Crippen LogP contribution < -0.4 is 0 Å². The molecular weight excluding hydrogens is 560 g/mol. The van der Waals surface area contributed by atoms with Gasteiger partial charge in [-0.2, -0.15) is 0 Å². The molecule has 0 amide bonds. The van der Waals surface area contributed by atoms with Crippen LogP contribution in [0.4, 0.5) is 0 Å². The average molecular weight is 607 g/mol. The quantitative estimate of drug-likeness (QED) is 0.200. The highest BCUT2D eigenvalue weighted by atomic mass is 15.0. The molecule has 0 saturated heterocycles. The van der Waals surface area contributed by atoms with E-state index in [4.69, 9.17) is 32.8 Å². The van der Waals surface area contributed by atoms with Gasteiger partial charge in [-0.15, -0.1) is 0 Å². The van der Waals surface area contributed by atoms with Crippen LogP contribution in [0.3, 0.4) is 0 Å². The highest BCUT2D eigenvalue weighted by molar-refractivity contribution is 6.11. The molecule has 4 heteroatoms. The number of aromatic nitrogens is 4. The molecule has 4 nitrogen and oxygen atoms in total. The van der Waals surface area contributed by atoms with E-state index in [9.17, 15) is 4.11 Å². The van der Waals surface area contributed by atoms with Gasteiger partial charge in [0, 0.05) is 46.8 Å². The first kappa shape index (κ1) is 14.9. The second-order valence-corrected chi connectivity index (χ2v) is 10.9. The zero-order valence-corrected chi connectivity index (χ0v) is 23.9. The van der Waals surface area contributed by atoms with Crippen LogP contribution in [-0.2, 0) is 5.41 Å². The fourth-order valence-corrected chi connectivity index (χ4v) is 5.96. The Morgan fingerprint density at radius 1 is 0.565 bits per heavy atom. The van der Waals surface area contributed by atoms with Crippen molar-refractivity contribution in [2.75, 3.05) is 0 Å². The Balaban J connectivity index is 1.45. The predicted molar refractivity (Wildman–Crippen MR) is 188 cm³/mol. The lowest BCUT2D eigenvalue weighted by atomic mass is 9.82. The Hall–Kier alpha value is -5.87. The van der Waals surface area contributed by atoms with Crippen molar-refractivity contribution < 1.29 is 21.9 Å². The Labute approximate surface area is 290 Å².